The second kappa shape index (κ2) is 10.1. The molecular weight excluding hydrogens is 447 g/mol. The topological polar surface area (TPSA) is 100 Å². The van der Waals surface area contributed by atoms with Crippen LogP contribution in [-0.4, -0.2) is 61.6 Å². The molecule has 1 amide bonds. The molecule has 0 aromatic carbocycles. The Morgan fingerprint density at radius 3 is 2.80 bits per heavy atom. The van der Waals surface area contributed by atoms with E-state index < -0.39 is 0 Å². The molecule has 180 valence electrons. The van der Waals surface area contributed by atoms with Gasteiger partial charge in [-0.25, -0.2) is 18.9 Å². The summed E-state index contributed by atoms with van der Waals surface area (Å²) in [5, 5.41) is 10.8. The summed E-state index contributed by atoms with van der Waals surface area (Å²) in [6, 6.07) is 8.35. The average molecular weight is 475 g/mol. The number of aromatic nitrogens is 5. The largest absolute Gasteiger partial charge is 0.351 e. The van der Waals surface area contributed by atoms with Gasteiger partial charge in [0.25, 0.3) is 5.91 Å². The quantitative estimate of drug-likeness (QED) is 0.422. The van der Waals surface area contributed by atoms with Crippen molar-refractivity contribution >= 4 is 22.9 Å². The Balaban J connectivity index is 1.38. The number of nitrogens with zero attached hydrogens (tertiary/aromatic N) is 6. The minimum absolute atomic E-state index is 0.200. The van der Waals surface area contributed by atoms with E-state index in [-0.39, 0.29) is 17.4 Å². The van der Waals surface area contributed by atoms with Crippen molar-refractivity contribution in [3.05, 3.63) is 66.0 Å². The van der Waals surface area contributed by atoms with Crippen molar-refractivity contribution < 1.29 is 9.18 Å². The number of pyridine rings is 2. The molecule has 0 bridgehead atoms. The van der Waals surface area contributed by atoms with Gasteiger partial charge in [-0.3, -0.25) is 9.78 Å². The highest BCUT2D eigenvalue weighted by Crippen LogP contribution is 2.25. The van der Waals surface area contributed by atoms with Crippen molar-refractivity contribution in [2.45, 2.75) is 26.2 Å². The second-order valence-electron chi connectivity index (χ2n) is 8.59. The fraction of sp³-hybridized carbons (Fsp3) is 0.320. The molecule has 1 aliphatic rings. The number of anilines is 2. The molecule has 0 saturated carbocycles. The van der Waals surface area contributed by atoms with Crippen molar-refractivity contribution in [1.29, 1.82) is 0 Å². The molecule has 1 fully saturated rings. The molecule has 5 heterocycles. The summed E-state index contributed by atoms with van der Waals surface area (Å²) >= 11 is 0. The number of fused-ring (bicyclic) bond motifs is 1. The third kappa shape index (κ3) is 5.12. The molecule has 5 rings (SSSR count). The lowest BCUT2D eigenvalue weighted by Crippen LogP contribution is -2.37. The minimum atomic E-state index is -0.387. The zero-order valence-electron chi connectivity index (χ0n) is 19.5. The first-order valence-electron chi connectivity index (χ1n) is 11.8. The summed E-state index contributed by atoms with van der Waals surface area (Å²) in [5.74, 6) is 0.245. The summed E-state index contributed by atoms with van der Waals surface area (Å²) in [6.07, 6.45) is 8.67. The van der Waals surface area contributed by atoms with E-state index in [1.807, 2.05) is 12.1 Å². The first-order valence-corrected chi connectivity index (χ1v) is 11.8. The van der Waals surface area contributed by atoms with Gasteiger partial charge in [0.15, 0.2) is 5.82 Å². The summed E-state index contributed by atoms with van der Waals surface area (Å²) < 4.78 is 15.4. The Kier molecular flexibility index (Phi) is 6.62. The van der Waals surface area contributed by atoms with E-state index in [0.717, 1.165) is 25.2 Å². The standard InChI is InChI=1S/C25H27FN8O/c1-17-19(26)7-8-21(29-17)23-31-24(22-6-5-14-34(22)32-23)30-20-9-10-27-16-18(20)25(35)28-11-15-33-12-3-2-4-13-33/h5-10,14,16H,2-4,11-13,15H2,1H3,(H,28,35)(H,27,30,31,32). The fourth-order valence-electron chi connectivity index (χ4n) is 4.22. The summed E-state index contributed by atoms with van der Waals surface area (Å²) in [6.45, 7) is 5.17. The molecule has 2 N–H and O–H groups in total. The Bertz CT molecular complexity index is 1350. The van der Waals surface area contributed by atoms with Crippen molar-refractivity contribution in [2.75, 3.05) is 31.5 Å². The monoisotopic (exact) mass is 474 g/mol. The fourth-order valence-corrected chi connectivity index (χ4v) is 4.22. The summed E-state index contributed by atoms with van der Waals surface area (Å²) in [4.78, 5) is 28.4. The molecule has 0 aliphatic carbocycles. The molecular formula is C25H27FN8O. The van der Waals surface area contributed by atoms with Gasteiger partial charge < -0.3 is 15.5 Å². The Hall–Kier alpha value is -3.92. The number of aryl methyl sites for hydroxylation is 1. The van der Waals surface area contributed by atoms with Crippen LogP contribution in [0.25, 0.3) is 17.0 Å². The van der Waals surface area contributed by atoms with E-state index in [0.29, 0.717) is 35.1 Å². The molecule has 4 aromatic heterocycles. The third-order valence-electron chi connectivity index (χ3n) is 6.12. The SMILES string of the molecule is Cc1nc(-c2nc(Nc3ccncc3C(=O)NCCN3CCCCC3)c3cccn3n2)ccc1F. The van der Waals surface area contributed by atoms with Crippen molar-refractivity contribution in [3.63, 3.8) is 0 Å². The van der Waals surface area contributed by atoms with Crippen LogP contribution in [0.4, 0.5) is 15.9 Å². The van der Waals surface area contributed by atoms with Crippen LogP contribution in [0.15, 0.2) is 48.9 Å². The predicted octanol–water partition coefficient (Wildman–Crippen LogP) is 3.59. The third-order valence-corrected chi connectivity index (χ3v) is 6.12. The molecule has 35 heavy (non-hydrogen) atoms. The van der Waals surface area contributed by atoms with Crippen LogP contribution >= 0.6 is 0 Å². The number of hydrogen-bond donors (Lipinski definition) is 2. The van der Waals surface area contributed by atoms with Crippen LogP contribution in [0.2, 0.25) is 0 Å². The van der Waals surface area contributed by atoms with Crippen LogP contribution in [-0.2, 0) is 0 Å². The minimum Gasteiger partial charge on any atom is -0.351 e. The van der Waals surface area contributed by atoms with Gasteiger partial charge >= 0.3 is 0 Å². The average Bonchev–Trinajstić information content (AvgIpc) is 3.36. The number of likely N-dealkylation sites (tertiary alicyclic amines) is 1. The van der Waals surface area contributed by atoms with E-state index in [1.54, 1.807) is 42.2 Å². The van der Waals surface area contributed by atoms with Gasteiger partial charge in [0.05, 0.1) is 16.9 Å². The van der Waals surface area contributed by atoms with Crippen LogP contribution in [0.3, 0.4) is 0 Å². The number of rotatable bonds is 7. The van der Waals surface area contributed by atoms with E-state index in [9.17, 15) is 9.18 Å². The van der Waals surface area contributed by atoms with Gasteiger partial charge in [-0.2, -0.15) is 0 Å². The maximum absolute atomic E-state index is 13.7. The second-order valence-corrected chi connectivity index (χ2v) is 8.59. The van der Waals surface area contributed by atoms with E-state index in [4.69, 9.17) is 0 Å². The number of carbonyl (C=O) groups is 1. The van der Waals surface area contributed by atoms with E-state index in [1.165, 1.54) is 25.3 Å². The lowest BCUT2D eigenvalue weighted by atomic mass is 10.1. The van der Waals surface area contributed by atoms with Crippen molar-refractivity contribution in [3.8, 4) is 11.5 Å². The molecule has 0 unspecified atom stereocenters. The Morgan fingerprint density at radius 2 is 1.97 bits per heavy atom. The zero-order chi connectivity index (χ0) is 24.2. The molecule has 1 aliphatic heterocycles. The van der Waals surface area contributed by atoms with Crippen LogP contribution in [0.5, 0.6) is 0 Å². The van der Waals surface area contributed by atoms with Gasteiger partial charge in [-0.15, -0.1) is 5.10 Å². The Morgan fingerprint density at radius 1 is 1.11 bits per heavy atom. The highest BCUT2D eigenvalue weighted by atomic mass is 19.1. The van der Waals surface area contributed by atoms with Gasteiger partial charge in [0.2, 0.25) is 5.82 Å². The van der Waals surface area contributed by atoms with Crippen LogP contribution in [0.1, 0.15) is 35.3 Å². The van der Waals surface area contributed by atoms with Crippen LogP contribution in [0, 0.1) is 12.7 Å². The van der Waals surface area contributed by atoms with E-state index >= 15 is 0 Å². The molecule has 0 radical (unpaired) electrons. The highest BCUT2D eigenvalue weighted by molar-refractivity contribution is 6.00. The normalized spacial score (nSPS) is 14.2. The molecule has 10 heteroatoms. The zero-order valence-corrected chi connectivity index (χ0v) is 19.5. The molecule has 0 atom stereocenters. The number of nitrogens with one attached hydrogen (secondary N) is 2. The maximum Gasteiger partial charge on any atom is 0.255 e. The summed E-state index contributed by atoms with van der Waals surface area (Å²) in [5.41, 5.74) is 2.44. The van der Waals surface area contributed by atoms with Crippen molar-refractivity contribution in [2.24, 2.45) is 0 Å². The van der Waals surface area contributed by atoms with E-state index in [2.05, 4.69) is 35.6 Å². The van der Waals surface area contributed by atoms with Gasteiger partial charge in [0, 0.05) is 31.7 Å². The van der Waals surface area contributed by atoms with Gasteiger partial charge in [-0.1, -0.05) is 6.42 Å². The number of amides is 1. The first-order chi connectivity index (χ1) is 17.1. The number of carbonyl (C=O) groups excluding carboxylic acids is 1. The lowest BCUT2D eigenvalue weighted by Gasteiger charge is -2.26. The molecule has 1 saturated heterocycles. The van der Waals surface area contributed by atoms with Gasteiger partial charge in [-0.05, 0) is 63.2 Å². The predicted molar refractivity (Wildman–Crippen MR) is 131 cm³/mol. The number of hydrogen-bond acceptors (Lipinski definition) is 7. The van der Waals surface area contributed by atoms with Gasteiger partial charge in [0.1, 0.15) is 17.0 Å². The molecule has 9 nitrogen and oxygen atoms in total. The number of piperidine rings is 1. The highest BCUT2D eigenvalue weighted by Gasteiger charge is 2.17. The summed E-state index contributed by atoms with van der Waals surface area (Å²) in [7, 11) is 0. The number of halogens is 1. The molecule has 0 spiro atoms. The lowest BCUT2D eigenvalue weighted by molar-refractivity contribution is 0.0947. The Labute approximate surface area is 202 Å². The van der Waals surface area contributed by atoms with Crippen molar-refractivity contribution in [1.82, 2.24) is 34.8 Å². The van der Waals surface area contributed by atoms with Crippen LogP contribution < -0.4 is 10.6 Å². The maximum atomic E-state index is 13.7. The molecule has 4 aromatic rings. The smallest absolute Gasteiger partial charge is 0.255 e. The first kappa shape index (κ1) is 22.9.